The molecule has 5 N–H and O–H groups in total. The largest absolute Gasteiger partial charge is 0.486 e. The van der Waals surface area contributed by atoms with Gasteiger partial charge in [-0.2, -0.15) is 0 Å². The number of likely N-dealkylation sites (tertiary alicyclic amines) is 1. The number of piperidine rings is 1. The molecule has 1 aromatic carbocycles. The molecule has 0 aromatic heterocycles. The van der Waals surface area contributed by atoms with Gasteiger partial charge in [0.05, 0.1) is 11.7 Å². The molecule has 9 nitrogen and oxygen atoms in total. The highest BCUT2D eigenvalue weighted by Gasteiger charge is 2.29. The summed E-state index contributed by atoms with van der Waals surface area (Å²) in [5.74, 6) is -0.326. The number of nitrogens with one attached hydrogen (secondary N) is 1. The van der Waals surface area contributed by atoms with E-state index in [1.165, 1.54) is 0 Å². The molecule has 0 radical (unpaired) electrons. The minimum absolute atomic E-state index is 0.0614. The molecule has 1 saturated heterocycles. The molecule has 0 saturated carbocycles. The van der Waals surface area contributed by atoms with E-state index in [9.17, 15) is 14.7 Å². The van der Waals surface area contributed by atoms with E-state index >= 15 is 0 Å². The third kappa shape index (κ3) is 5.05. The van der Waals surface area contributed by atoms with Crippen LogP contribution in [0.2, 0.25) is 0 Å². The van der Waals surface area contributed by atoms with Gasteiger partial charge in [0.15, 0.2) is 11.5 Å². The summed E-state index contributed by atoms with van der Waals surface area (Å²) >= 11 is 0. The lowest BCUT2D eigenvalue weighted by Gasteiger charge is -2.36. The first-order valence-corrected chi connectivity index (χ1v) is 9.53. The van der Waals surface area contributed by atoms with Crippen molar-refractivity contribution in [2.24, 2.45) is 5.92 Å². The third-order valence-corrected chi connectivity index (χ3v) is 5.10. The van der Waals surface area contributed by atoms with Gasteiger partial charge in [0.25, 0.3) is 5.91 Å². The number of hydrogen-bond donors (Lipinski definition) is 4. The maximum Gasteiger partial charge on any atom is 0.303 e. The normalized spacial score (nSPS) is 21.9. The van der Waals surface area contributed by atoms with Crippen LogP contribution in [0.3, 0.4) is 0 Å². The average molecular weight is 393 g/mol. The zero-order chi connectivity index (χ0) is 20.1. The maximum atomic E-state index is 12.6. The number of rotatable bonds is 7. The second-order valence-electron chi connectivity index (χ2n) is 7.22. The van der Waals surface area contributed by atoms with Crippen molar-refractivity contribution in [3.05, 3.63) is 17.7 Å². The maximum absolute atomic E-state index is 12.6. The summed E-state index contributed by atoms with van der Waals surface area (Å²) in [6.45, 7) is 3.01. The van der Waals surface area contributed by atoms with E-state index in [0.717, 1.165) is 13.0 Å². The van der Waals surface area contributed by atoms with Crippen LogP contribution in [0.5, 0.6) is 11.5 Å². The predicted molar refractivity (Wildman–Crippen MR) is 102 cm³/mol. The smallest absolute Gasteiger partial charge is 0.303 e. The summed E-state index contributed by atoms with van der Waals surface area (Å²) in [5.41, 5.74) is 6.61. The minimum Gasteiger partial charge on any atom is -0.486 e. The van der Waals surface area contributed by atoms with Crippen molar-refractivity contribution in [1.82, 2.24) is 10.2 Å². The number of nitrogens with zero attached hydrogens (tertiary/aromatic N) is 1. The number of amides is 1. The number of carboxylic acid groups (broad SMARTS) is 1. The molecular weight excluding hydrogens is 366 g/mol. The number of carbonyl (C=O) groups is 2. The van der Waals surface area contributed by atoms with Gasteiger partial charge in [-0.25, -0.2) is 0 Å². The molecule has 0 unspecified atom stereocenters. The molecule has 3 rings (SSSR count). The van der Waals surface area contributed by atoms with Crippen LogP contribution in [-0.2, 0) is 4.79 Å². The highest BCUT2D eigenvalue weighted by atomic mass is 16.6. The predicted octanol–water partition coefficient (Wildman–Crippen LogP) is 0.317. The summed E-state index contributed by atoms with van der Waals surface area (Å²) in [6.07, 6.45) is 0.839. The van der Waals surface area contributed by atoms with E-state index in [1.54, 1.807) is 12.1 Å². The van der Waals surface area contributed by atoms with Gasteiger partial charge in [0.1, 0.15) is 13.2 Å². The molecule has 0 bridgehead atoms. The Hall–Kier alpha value is -2.52. The average Bonchev–Trinajstić information content (AvgIpc) is 2.66. The van der Waals surface area contributed by atoms with Crippen molar-refractivity contribution in [1.29, 1.82) is 0 Å². The summed E-state index contributed by atoms with van der Waals surface area (Å²) < 4.78 is 11.1. The van der Waals surface area contributed by atoms with Crippen LogP contribution in [0.15, 0.2) is 12.1 Å². The van der Waals surface area contributed by atoms with Gasteiger partial charge < -0.3 is 35.6 Å². The Morgan fingerprint density at radius 1 is 1.29 bits per heavy atom. The van der Waals surface area contributed by atoms with E-state index in [-0.39, 0.29) is 18.2 Å². The van der Waals surface area contributed by atoms with E-state index < -0.39 is 12.1 Å². The Kier molecular flexibility index (Phi) is 6.58. The van der Waals surface area contributed by atoms with Crippen LogP contribution in [0.1, 0.15) is 29.6 Å². The number of hydrogen-bond acceptors (Lipinski definition) is 7. The zero-order valence-electron chi connectivity index (χ0n) is 15.7. The monoisotopic (exact) mass is 393 g/mol. The first-order chi connectivity index (χ1) is 13.4. The SMILES string of the molecule is Nc1cc2c(c(C(=O)NC[C@@H]3CCN(CCCC(=O)O)C[C@H]3O)c1)OCCO2. The molecule has 1 aromatic rings. The highest BCUT2D eigenvalue weighted by molar-refractivity contribution is 5.99. The number of carboxylic acids is 1. The number of ether oxygens (including phenoxy) is 2. The standard InChI is InChI=1S/C19H27N3O6/c20-13-8-14(18-16(9-13)27-6-7-28-18)19(26)21-10-12-3-5-22(11-15(12)23)4-1-2-17(24)25/h8-9,12,15,23H,1-7,10-11,20H2,(H,21,26)(H,24,25)/t12-,15+/m0/s1. The molecule has 2 heterocycles. The molecule has 2 aliphatic rings. The quantitative estimate of drug-likeness (QED) is 0.487. The lowest BCUT2D eigenvalue weighted by atomic mass is 9.93. The summed E-state index contributed by atoms with van der Waals surface area (Å²) in [5, 5.41) is 22.0. The van der Waals surface area contributed by atoms with E-state index in [4.69, 9.17) is 20.3 Å². The summed E-state index contributed by atoms with van der Waals surface area (Å²) in [6, 6.07) is 3.19. The molecule has 154 valence electrons. The second-order valence-corrected chi connectivity index (χ2v) is 7.22. The lowest BCUT2D eigenvalue weighted by molar-refractivity contribution is -0.137. The molecule has 9 heteroatoms. The molecule has 0 spiro atoms. The number of aliphatic carboxylic acids is 1. The fraction of sp³-hybridized carbons (Fsp3) is 0.579. The number of carbonyl (C=O) groups excluding carboxylic acids is 1. The first kappa shape index (κ1) is 20.2. The topological polar surface area (TPSA) is 134 Å². The van der Waals surface area contributed by atoms with Gasteiger partial charge in [-0.3, -0.25) is 9.59 Å². The van der Waals surface area contributed by atoms with Crippen LogP contribution in [-0.4, -0.2) is 72.5 Å². The molecule has 0 aliphatic carbocycles. The number of β-amino-alcohol motifs (C(OH)–C–C–N with tert-alkyl or cyclic N) is 1. The van der Waals surface area contributed by atoms with Crippen LogP contribution in [0.25, 0.3) is 0 Å². The van der Waals surface area contributed by atoms with Crippen molar-refractivity contribution in [2.75, 3.05) is 45.1 Å². The third-order valence-electron chi connectivity index (χ3n) is 5.10. The summed E-state index contributed by atoms with van der Waals surface area (Å²) in [4.78, 5) is 25.3. The van der Waals surface area contributed by atoms with Gasteiger partial charge in [-0.05, 0) is 32.0 Å². The van der Waals surface area contributed by atoms with Gasteiger partial charge in [-0.15, -0.1) is 0 Å². The Bertz CT molecular complexity index is 726. The number of benzene rings is 1. The highest BCUT2D eigenvalue weighted by Crippen LogP contribution is 2.36. The van der Waals surface area contributed by atoms with Gasteiger partial charge in [0.2, 0.25) is 0 Å². The fourth-order valence-corrected chi connectivity index (χ4v) is 3.60. The van der Waals surface area contributed by atoms with Crippen LogP contribution in [0, 0.1) is 5.92 Å². The van der Waals surface area contributed by atoms with Crippen LogP contribution < -0.4 is 20.5 Å². The molecule has 2 aliphatic heterocycles. The molecule has 28 heavy (non-hydrogen) atoms. The van der Waals surface area contributed by atoms with Crippen molar-refractivity contribution in [3.8, 4) is 11.5 Å². The second kappa shape index (κ2) is 9.11. The number of aliphatic hydroxyl groups is 1. The molecule has 2 atom stereocenters. The molecule has 1 fully saturated rings. The van der Waals surface area contributed by atoms with E-state index in [0.29, 0.717) is 62.0 Å². The number of fused-ring (bicyclic) bond motifs is 1. The lowest BCUT2D eigenvalue weighted by Crippen LogP contribution is -2.47. The van der Waals surface area contributed by atoms with Crippen LogP contribution in [0.4, 0.5) is 5.69 Å². The fourth-order valence-electron chi connectivity index (χ4n) is 3.60. The van der Waals surface area contributed by atoms with Crippen molar-refractivity contribution < 1.29 is 29.3 Å². The van der Waals surface area contributed by atoms with E-state index in [1.807, 2.05) is 0 Å². The Morgan fingerprint density at radius 3 is 2.82 bits per heavy atom. The van der Waals surface area contributed by atoms with Gasteiger partial charge in [0, 0.05) is 37.2 Å². The Labute approximate surface area is 163 Å². The molecular formula is C19H27N3O6. The Balaban J connectivity index is 1.52. The van der Waals surface area contributed by atoms with Crippen molar-refractivity contribution >= 4 is 17.6 Å². The van der Waals surface area contributed by atoms with Gasteiger partial charge >= 0.3 is 5.97 Å². The minimum atomic E-state index is -0.809. The van der Waals surface area contributed by atoms with Gasteiger partial charge in [-0.1, -0.05) is 0 Å². The molecule has 1 amide bonds. The number of nitrogen functional groups attached to an aromatic ring is 1. The van der Waals surface area contributed by atoms with E-state index in [2.05, 4.69) is 10.2 Å². The number of aliphatic hydroxyl groups excluding tert-OH is 1. The zero-order valence-corrected chi connectivity index (χ0v) is 15.7. The first-order valence-electron chi connectivity index (χ1n) is 9.53. The van der Waals surface area contributed by atoms with Crippen molar-refractivity contribution in [3.63, 3.8) is 0 Å². The van der Waals surface area contributed by atoms with Crippen LogP contribution >= 0.6 is 0 Å². The number of nitrogens with two attached hydrogens (primary N) is 1. The Morgan fingerprint density at radius 2 is 2.07 bits per heavy atom. The van der Waals surface area contributed by atoms with Crippen molar-refractivity contribution in [2.45, 2.75) is 25.4 Å². The number of anilines is 1. The summed E-state index contributed by atoms with van der Waals surface area (Å²) in [7, 11) is 0.